The Labute approximate surface area is 169 Å². The first kappa shape index (κ1) is 20.1. The molecule has 0 bridgehead atoms. The summed E-state index contributed by atoms with van der Waals surface area (Å²) in [6.45, 7) is 0.323. The maximum atomic E-state index is 12.5. The number of aryl methyl sites for hydroxylation is 1. The average Bonchev–Trinajstić information content (AvgIpc) is 2.74. The summed E-state index contributed by atoms with van der Waals surface area (Å²) >= 11 is 0. The minimum Gasteiger partial charge on any atom is -0.326 e. The molecule has 1 aromatic heterocycles. The van der Waals surface area contributed by atoms with Crippen molar-refractivity contribution in [1.29, 1.82) is 0 Å². The van der Waals surface area contributed by atoms with Crippen LogP contribution in [-0.2, 0) is 22.6 Å². The van der Waals surface area contributed by atoms with Crippen molar-refractivity contribution < 1.29 is 9.59 Å². The van der Waals surface area contributed by atoms with E-state index in [9.17, 15) is 14.4 Å². The van der Waals surface area contributed by atoms with E-state index in [1.165, 1.54) is 10.6 Å². The van der Waals surface area contributed by atoms with Crippen molar-refractivity contribution in [3.8, 4) is 0 Å². The molecule has 6 nitrogen and oxygen atoms in total. The fourth-order valence-electron chi connectivity index (χ4n) is 2.89. The van der Waals surface area contributed by atoms with Gasteiger partial charge in [-0.1, -0.05) is 36.4 Å². The third-order valence-corrected chi connectivity index (χ3v) is 4.59. The van der Waals surface area contributed by atoms with Gasteiger partial charge >= 0.3 is 0 Å². The van der Waals surface area contributed by atoms with E-state index in [-0.39, 0.29) is 30.2 Å². The van der Waals surface area contributed by atoms with E-state index in [0.717, 1.165) is 11.3 Å². The number of hydrogen-bond donors (Lipinski definition) is 1. The van der Waals surface area contributed by atoms with Crippen molar-refractivity contribution >= 4 is 23.2 Å². The summed E-state index contributed by atoms with van der Waals surface area (Å²) in [5.74, 6) is -0.185. The lowest BCUT2D eigenvalue weighted by Gasteiger charge is -2.17. The van der Waals surface area contributed by atoms with Crippen LogP contribution in [0.5, 0.6) is 0 Å². The molecule has 6 heteroatoms. The highest BCUT2D eigenvalue weighted by molar-refractivity contribution is 5.94. The second kappa shape index (κ2) is 9.50. The lowest BCUT2D eigenvalue weighted by Crippen LogP contribution is -2.27. The predicted molar refractivity (Wildman–Crippen MR) is 114 cm³/mol. The lowest BCUT2D eigenvalue weighted by atomic mass is 10.1. The smallest absolute Gasteiger partial charge is 0.250 e. The van der Waals surface area contributed by atoms with Crippen molar-refractivity contribution in [2.24, 2.45) is 0 Å². The second-order valence-electron chi connectivity index (χ2n) is 6.69. The number of carbonyl (C=O) groups excluding carboxylic acids is 2. The number of amides is 2. The van der Waals surface area contributed by atoms with E-state index in [4.69, 9.17) is 0 Å². The number of nitrogens with zero attached hydrogens (tertiary/aromatic N) is 2. The van der Waals surface area contributed by atoms with E-state index < -0.39 is 0 Å². The quantitative estimate of drug-likeness (QED) is 0.675. The number of likely N-dealkylation sites (N-methyl/N-ethyl adjacent to an activating group) is 1. The number of benzene rings is 2. The lowest BCUT2D eigenvalue weighted by molar-refractivity contribution is -0.118. The predicted octanol–water partition coefficient (Wildman–Crippen LogP) is 3.08. The van der Waals surface area contributed by atoms with Gasteiger partial charge in [0, 0.05) is 43.7 Å². The Morgan fingerprint density at radius 2 is 1.62 bits per heavy atom. The number of nitrogens with one attached hydrogen (secondary N) is 1. The number of rotatable bonds is 7. The van der Waals surface area contributed by atoms with Gasteiger partial charge in [-0.2, -0.15) is 0 Å². The number of pyridine rings is 1. The highest BCUT2D eigenvalue weighted by Gasteiger charge is 2.11. The molecule has 3 rings (SSSR count). The summed E-state index contributed by atoms with van der Waals surface area (Å²) in [5, 5.41) is 2.81. The van der Waals surface area contributed by atoms with Gasteiger partial charge in [-0.3, -0.25) is 14.4 Å². The summed E-state index contributed by atoms with van der Waals surface area (Å²) in [7, 11) is 1.75. The first-order valence-corrected chi connectivity index (χ1v) is 9.39. The van der Waals surface area contributed by atoms with Crippen molar-refractivity contribution in [3.63, 3.8) is 0 Å². The molecule has 0 aliphatic rings. The highest BCUT2D eigenvalue weighted by atomic mass is 16.2. The third-order valence-electron chi connectivity index (χ3n) is 4.59. The van der Waals surface area contributed by atoms with Crippen LogP contribution in [0.3, 0.4) is 0 Å². The summed E-state index contributed by atoms with van der Waals surface area (Å²) in [6.07, 6.45) is 2.14. The van der Waals surface area contributed by atoms with Gasteiger partial charge in [-0.25, -0.2) is 0 Å². The average molecular weight is 389 g/mol. The van der Waals surface area contributed by atoms with Gasteiger partial charge in [-0.05, 0) is 35.9 Å². The molecule has 2 amide bonds. The van der Waals surface area contributed by atoms with Gasteiger partial charge in [0.25, 0.3) is 5.56 Å². The number of para-hydroxylation sites is 1. The van der Waals surface area contributed by atoms with E-state index in [1.54, 1.807) is 42.4 Å². The summed E-state index contributed by atoms with van der Waals surface area (Å²) < 4.78 is 1.50. The molecule has 0 spiro atoms. The molecule has 0 fully saturated rings. The monoisotopic (exact) mass is 389 g/mol. The Kier molecular flexibility index (Phi) is 6.58. The molecule has 0 saturated carbocycles. The number of hydrogen-bond acceptors (Lipinski definition) is 3. The molecule has 0 atom stereocenters. The normalized spacial score (nSPS) is 10.4. The summed E-state index contributed by atoms with van der Waals surface area (Å²) in [6, 6.07) is 21.6. The Bertz CT molecular complexity index is 1030. The number of aromatic nitrogens is 1. The largest absolute Gasteiger partial charge is 0.326 e. The zero-order chi connectivity index (χ0) is 20.6. The SMILES string of the molecule is CN(C(=O)Cc1ccc(NC(=O)CCn2ccccc2=O)cc1)c1ccccc1. The molecule has 0 aliphatic heterocycles. The van der Waals surface area contributed by atoms with Crippen LogP contribution >= 0.6 is 0 Å². The maximum absolute atomic E-state index is 12.5. The van der Waals surface area contributed by atoms with Crippen LogP contribution < -0.4 is 15.8 Å². The molecule has 1 N–H and O–H groups in total. The molecule has 2 aromatic carbocycles. The molecule has 0 aliphatic carbocycles. The Hall–Kier alpha value is -3.67. The van der Waals surface area contributed by atoms with Crippen LogP contribution in [0.25, 0.3) is 0 Å². The minimum absolute atomic E-state index is 0.0127. The molecule has 0 radical (unpaired) electrons. The molecular formula is C23H23N3O3. The fraction of sp³-hybridized carbons (Fsp3) is 0.174. The first-order valence-electron chi connectivity index (χ1n) is 9.39. The van der Waals surface area contributed by atoms with E-state index in [2.05, 4.69) is 5.32 Å². The Morgan fingerprint density at radius 1 is 0.931 bits per heavy atom. The van der Waals surface area contributed by atoms with Gasteiger partial charge in [0.2, 0.25) is 11.8 Å². The molecule has 0 saturated heterocycles. The maximum Gasteiger partial charge on any atom is 0.250 e. The first-order chi connectivity index (χ1) is 14.0. The molecule has 3 aromatic rings. The van der Waals surface area contributed by atoms with Gasteiger partial charge in [0.15, 0.2) is 0 Å². The van der Waals surface area contributed by atoms with E-state index >= 15 is 0 Å². The number of carbonyl (C=O) groups is 2. The molecule has 0 unspecified atom stereocenters. The van der Waals surface area contributed by atoms with Crippen molar-refractivity contribution in [2.45, 2.75) is 19.4 Å². The standard InChI is InChI=1S/C23H23N3O3/c1-25(20-7-3-2-4-8-20)23(29)17-18-10-12-19(13-11-18)24-21(27)14-16-26-15-6-5-9-22(26)28/h2-13,15H,14,16-17H2,1H3,(H,24,27). The second-order valence-corrected chi connectivity index (χ2v) is 6.69. The summed E-state index contributed by atoms with van der Waals surface area (Å²) in [4.78, 5) is 37.9. The highest BCUT2D eigenvalue weighted by Crippen LogP contribution is 2.15. The molecular weight excluding hydrogens is 366 g/mol. The van der Waals surface area contributed by atoms with Crippen LogP contribution in [0.15, 0.2) is 83.8 Å². The van der Waals surface area contributed by atoms with Crippen LogP contribution in [0, 0.1) is 0 Å². The summed E-state index contributed by atoms with van der Waals surface area (Å²) in [5.41, 5.74) is 2.24. The molecule has 1 heterocycles. The van der Waals surface area contributed by atoms with Crippen LogP contribution in [0.2, 0.25) is 0 Å². The van der Waals surface area contributed by atoms with Crippen molar-refractivity contribution in [2.75, 3.05) is 17.3 Å². The fourth-order valence-corrected chi connectivity index (χ4v) is 2.89. The minimum atomic E-state index is -0.173. The molecule has 29 heavy (non-hydrogen) atoms. The zero-order valence-electron chi connectivity index (χ0n) is 16.2. The van der Waals surface area contributed by atoms with E-state index in [1.807, 2.05) is 42.5 Å². The van der Waals surface area contributed by atoms with Crippen LogP contribution in [-0.4, -0.2) is 23.4 Å². The Balaban J connectivity index is 1.52. The number of anilines is 2. The van der Waals surface area contributed by atoms with Gasteiger partial charge in [0.05, 0.1) is 6.42 Å². The topological polar surface area (TPSA) is 71.4 Å². The van der Waals surface area contributed by atoms with Crippen molar-refractivity contribution in [3.05, 3.63) is 94.9 Å². The van der Waals surface area contributed by atoms with Gasteiger partial charge in [0.1, 0.15) is 0 Å². The van der Waals surface area contributed by atoms with Gasteiger partial charge < -0.3 is 14.8 Å². The Morgan fingerprint density at radius 3 is 2.31 bits per heavy atom. The van der Waals surface area contributed by atoms with E-state index in [0.29, 0.717) is 12.2 Å². The van der Waals surface area contributed by atoms with Gasteiger partial charge in [-0.15, -0.1) is 0 Å². The van der Waals surface area contributed by atoms with Crippen molar-refractivity contribution in [1.82, 2.24) is 4.57 Å². The molecule has 148 valence electrons. The zero-order valence-corrected chi connectivity index (χ0v) is 16.2. The van der Waals surface area contributed by atoms with Crippen LogP contribution in [0.4, 0.5) is 11.4 Å². The van der Waals surface area contributed by atoms with Crippen LogP contribution in [0.1, 0.15) is 12.0 Å². The third kappa shape index (κ3) is 5.65.